The molecular weight excluding hydrogens is 329 g/mol. The summed E-state index contributed by atoms with van der Waals surface area (Å²) in [4.78, 5) is 4.21. The largest absolute Gasteiger partial charge is 0.367 e. The maximum Gasteiger partial charge on any atom is 0.150 e. The molecule has 0 aliphatic rings. The number of aromatic nitrogens is 2. The molecule has 1 atom stereocenters. The van der Waals surface area contributed by atoms with Crippen LogP contribution in [-0.2, 0) is 7.05 Å². The van der Waals surface area contributed by atoms with Crippen LogP contribution in [0.4, 0.5) is 18.9 Å². The molecule has 0 fully saturated rings. The van der Waals surface area contributed by atoms with Gasteiger partial charge in [-0.15, -0.1) is 0 Å². The van der Waals surface area contributed by atoms with Gasteiger partial charge in [0.2, 0.25) is 0 Å². The Bertz CT molecular complexity index is 919. The van der Waals surface area contributed by atoms with Crippen molar-refractivity contribution in [2.45, 2.75) is 6.04 Å². The van der Waals surface area contributed by atoms with Crippen LogP contribution in [0.1, 0.15) is 23.0 Å². The number of hydrogen-bond donors (Lipinski definition) is 1. The fourth-order valence-corrected chi connectivity index (χ4v) is 2.53. The van der Waals surface area contributed by atoms with E-state index in [0.717, 1.165) is 12.1 Å². The molecule has 1 aromatic heterocycles. The lowest BCUT2D eigenvalue weighted by Gasteiger charge is -2.21. The molecule has 0 aliphatic heterocycles. The van der Waals surface area contributed by atoms with Crippen molar-refractivity contribution in [3.63, 3.8) is 0 Å². The van der Waals surface area contributed by atoms with E-state index in [1.54, 1.807) is 30.1 Å². The summed E-state index contributed by atoms with van der Waals surface area (Å²) in [5, 5.41) is 11.6. The average Bonchev–Trinajstić information content (AvgIpc) is 3.01. The average molecular weight is 342 g/mol. The molecule has 0 spiro atoms. The molecule has 0 radical (unpaired) electrons. The van der Waals surface area contributed by atoms with Gasteiger partial charge in [0, 0.05) is 19.4 Å². The zero-order chi connectivity index (χ0) is 18.0. The molecule has 0 unspecified atom stereocenters. The predicted molar refractivity (Wildman–Crippen MR) is 86.1 cm³/mol. The predicted octanol–water partition coefficient (Wildman–Crippen LogP) is 3.91. The molecule has 4 nitrogen and oxygen atoms in total. The first-order valence-electron chi connectivity index (χ1n) is 7.38. The van der Waals surface area contributed by atoms with E-state index in [9.17, 15) is 13.2 Å². The smallest absolute Gasteiger partial charge is 0.150 e. The molecule has 2 aromatic carbocycles. The highest BCUT2D eigenvalue weighted by atomic mass is 19.1. The Balaban J connectivity index is 2.07. The van der Waals surface area contributed by atoms with Crippen molar-refractivity contribution in [3.05, 3.63) is 83.2 Å². The number of aryl methyl sites for hydroxylation is 1. The van der Waals surface area contributed by atoms with Crippen molar-refractivity contribution in [1.29, 1.82) is 5.26 Å². The van der Waals surface area contributed by atoms with Crippen LogP contribution >= 0.6 is 0 Å². The van der Waals surface area contributed by atoms with Gasteiger partial charge in [0.25, 0.3) is 0 Å². The standard InChI is InChI=1S/C18H13F3N4/c1-25-7-6-23-18(25)16(12-2-4-13(19)5-3-12)24-17-14(20)8-11(10-22)9-15(17)21/h2-9,16,24H,1H3/t16-/m0/s1. The molecule has 0 bridgehead atoms. The first-order chi connectivity index (χ1) is 12.0. The second-order valence-electron chi connectivity index (χ2n) is 5.45. The molecule has 0 saturated carbocycles. The lowest BCUT2D eigenvalue weighted by atomic mass is 10.0. The first-order valence-corrected chi connectivity index (χ1v) is 7.38. The summed E-state index contributed by atoms with van der Waals surface area (Å²) in [5.74, 6) is -1.71. The SMILES string of the molecule is Cn1ccnc1[C@@H](Nc1c(F)cc(C#N)cc1F)c1ccc(F)cc1. The number of halogens is 3. The highest BCUT2D eigenvalue weighted by Crippen LogP contribution is 2.29. The van der Waals surface area contributed by atoms with E-state index >= 15 is 0 Å². The summed E-state index contributed by atoms with van der Waals surface area (Å²) < 4.78 is 43.4. The maximum atomic E-state index is 14.2. The minimum atomic E-state index is -0.891. The third-order valence-corrected chi connectivity index (χ3v) is 3.78. The van der Waals surface area contributed by atoms with Crippen LogP contribution in [0, 0.1) is 28.8 Å². The first kappa shape index (κ1) is 16.6. The van der Waals surface area contributed by atoms with Crippen molar-refractivity contribution in [2.24, 2.45) is 7.05 Å². The van der Waals surface area contributed by atoms with Crippen LogP contribution in [0.5, 0.6) is 0 Å². The van der Waals surface area contributed by atoms with E-state index in [1.165, 1.54) is 24.3 Å². The lowest BCUT2D eigenvalue weighted by Crippen LogP contribution is -2.18. The van der Waals surface area contributed by atoms with Gasteiger partial charge in [-0.1, -0.05) is 12.1 Å². The summed E-state index contributed by atoms with van der Waals surface area (Å²) in [5.41, 5.74) is 0.0889. The van der Waals surface area contributed by atoms with Crippen LogP contribution in [0.3, 0.4) is 0 Å². The van der Waals surface area contributed by atoms with Gasteiger partial charge >= 0.3 is 0 Å². The van der Waals surface area contributed by atoms with Crippen LogP contribution < -0.4 is 5.32 Å². The Morgan fingerprint density at radius 1 is 1.12 bits per heavy atom. The van der Waals surface area contributed by atoms with Gasteiger partial charge in [0.1, 0.15) is 23.4 Å². The van der Waals surface area contributed by atoms with Crippen LogP contribution in [0.15, 0.2) is 48.8 Å². The van der Waals surface area contributed by atoms with E-state index in [4.69, 9.17) is 5.26 Å². The zero-order valence-corrected chi connectivity index (χ0v) is 13.2. The molecule has 3 aromatic rings. The molecule has 0 amide bonds. The Morgan fingerprint density at radius 2 is 1.76 bits per heavy atom. The number of hydrogen-bond acceptors (Lipinski definition) is 3. The van der Waals surface area contributed by atoms with Gasteiger partial charge in [-0.3, -0.25) is 0 Å². The summed E-state index contributed by atoms with van der Waals surface area (Å²) in [6.45, 7) is 0. The van der Waals surface area contributed by atoms with Crippen molar-refractivity contribution in [1.82, 2.24) is 9.55 Å². The van der Waals surface area contributed by atoms with E-state index in [0.29, 0.717) is 11.4 Å². The van der Waals surface area contributed by atoms with Gasteiger partial charge in [0.15, 0.2) is 11.6 Å². The summed E-state index contributed by atoms with van der Waals surface area (Å²) in [6, 6.07) is 8.44. The van der Waals surface area contributed by atoms with Crippen LogP contribution in [-0.4, -0.2) is 9.55 Å². The minimum Gasteiger partial charge on any atom is -0.367 e. The Kier molecular flexibility index (Phi) is 4.44. The molecular formula is C18H13F3N4. The molecule has 0 saturated heterocycles. The van der Waals surface area contributed by atoms with Crippen molar-refractivity contribution >= 4 is 5.69 Å². The van der Waals surface area contributed by atoms with Crippen molar-refractivity contribution in [2.75, 3.05) is 5.32 Å². The molecule has 1 N–H and O–H groups in total. The number of rotatable bonds is 4. The normalized spacial score (nSPS) is 11.8. The minimum absolute atomic E-state index is 0.115. The van der Waals surface area contributed by atoms with Gasteiger partial charge in [-0.2, -0.15) is 5.26 Å². The second kappa shape index (κ2) is 6.69. The van der Waals surface area contributed by atoms with Gasteiger partial charge in [0.05, 0.1) is 11.6 Å². The van der Waals surface area contributed by atoms with Gasteiger partial charge in [-0.25, -0.2) is 18.2 Å². The lowest BCUT2D eigenvalue weighted by molar-refractivity contribution is 0.582. The molecule has 25 heavy (non-hydrogen) atoms. The quantitative estimate of drug-likeness (QED) is 0.782. The molecule has 0 aliphatic carbocycles. The number of anilines is 1. The van der Waals surface area contributed by atoms with Crippen LogP contribution in [0.25, 0.3) is 0 Å². The summed E-state index contributed by atoms with van der Waals surface area (Å²) in [6.07, 6.45) is 3.25. The maximum absolute atomic E-state index is 14.2. The Hall–Kier alpha value is -3.27. The van der Waals surface area contributed by atoms with Crippen molar-refractivity contribution < 1.29 is 13.2 Å². The Morgan fingerprint density at radius 3 is 2.28 bits per heavy atom. The molecule has 7 heteroatoms. The highest BCUT2D eigenvalue weighted by Gasteiger charge is 2.22. The number of nitrogens with one attached hydrogen (secondary N) is 1. The summed E-state index contributed by atoms with van der Waals surface area (Å²) >= 11 is 0. The van der Waals surface area contributed by atoms with E-state index in [-0.39, 0.29) is 11.3 Å². The topological polar surface area (TPSA) is 53.6 Å². The third-order valence-electron chi connectivity index (χ3n) is 3.78. The second-order valence-corrected chi connectivity index (χ2v) is 5.45. The Labute approximate surface area is 142 Å². The van der Waals surface area contributed by atoms with E-state index < -0.39 is 23.5 Å². The summed E-state index contributed by atoms with van der Waals surface area (Å²) in [7, 11) is 1.74. The van der Waals surface area contributed by atoms with E-state index in [1.807, 2.05) is 0 Å². The number of imidazole rings is 1. The fraction of sp³-hybridized carbons (Fsp3) is 0.111. The monoisotopic (exact) mass is 342 g/mol. The third kappa shape index (κ3) is 3.33. The number of nitriles is 1. The van der Waals surface area contributed by atoms with Crippen molar-refractivity contribution in [3.8, 4) is 6.07 Å². The van der Waals surface area contributed by atoms with Crippen LogP contribution in [0.2, 0.25) is 0 Å². The zero-order valence-electron chi connectivity index (χ0n) is 13.2. The van der Waals surface area contributed by atoms with Gasteiger partial charge < -0.3 is 9.88 Å². The fourth-order valence-electron chi connectivity index (χ4n) is 2.53. The molecule has 1 heterocycles. The van der Waals surface area contributed by atoms with Gasteiger partial charge in [-0.05, 0) is 29.8 Å². The van der Waals surface area contributed by atoms with E-state index in [2.05, 4.69) is 10.3 Å². The molecule has 3 rings (SSSR count). The highest BCUT2D eigenvalue weighted by molar-refractivity contribution is 5.53. The number of benzene rings is 2. The molecule has 126 valence electrons. The number of nitrogens with zero attached hydrogens (tertiary/aromatic N) is 3.